The summed E-state index contributed by atoms with van der Waals surface area (Å²) in [5.41, 5.74) is -1.34. The molecule has 3 aliphatic rings. The standard InChI is InChI=1S/C21H27F3N2O2/c22-21(23,24)20(10-11-25(15-20)14-16-6-2-1-3-7-16)19(27)26-12-13-28-18-9-5-4-8-17(18)26/h1-3,6-7,17-18H,4-5,8-15H2/t17-,18+,20+/m0/s1. The molecule has 2 aliphatic heterocycles. The van der Waals surface area contributed by atoms with E-state index in [1.807, 2.05) is 30.3 Å². The number of hydrogen-bond donors (Lipinski definition) is 0. The Morgan fingerprint density at radius 3 is 2.64 bits per heavy atom. The molecule has 0 bridgehead atoms. The molecular formula is C21H27F3N2O2. The number of carbonyl (C=O) groups is 1. The lowest BCUT2D eigenvalue weighted by molar-refractivity contribution is -0.229. The molecule has 0 radical (unpaired) electrons. The number of morpholine rings is 1. The van der Waals surface area contributed by atoms with Gasteiger partial charge >= 0.3 is 6.18 Å². The number of hydrogen-bond acceptors (Lipinski definition) is 3. The summed E-state index contributed by atoms with van der Waals surface area (Å²) in [5.74, 6) is -0.740. The van der Waals surface area contributed by atoms with Crippen LogP contribution in [0.2, 0.25) is 0 Å². The van der Waals surface area contributed by atoms with E-state index in [0.29, 0.717) is 13.2 Å². The molecule has 28 heavy (non-hydrogen) atoms. The van der Waals surface area contributed by atoms with Gasteiger partial charge < -0.3 is 9.64 Å². The Labute approximate surface area is 163 Å². The SMILES string of the molecule is O=C(N1CCO[C@@H]2CCCC[C@@H]21)[C@@]1(C(F)(F)F)CCN(Cc2ccccc2)C1. The van der Waals surface area contributed by atoms with Crippen molar-refractivity contribution in [2.45, 2.75) is 57.0 Å². The van der Waals surface area contributed by atoms with E-state index in [9.17, 15) is 18.0 Å². The van der Waals surface area contributed by atoms with E-state index < -0.39 is 17.5 Å². The lowest BCUT2D eigenvalue weighted by Crippen LogP contribution is -2.61. The van der Waals surface area contributed by atoms with Gasteiger partial charge in [-0.2, -0.15) is 13.2 Å². The van der Waals surface area contributed by atoms with Gasteiger partial charge in [-0.05, 0) is 31.4 Å². The quantitative estimate of drug-likeness (QED) is 0.783. The summed E-state index contributed by atoms with van der Waals surface area (Å²) in [5, 5.41) is 0. The van der Waals surface area contributed by atoms with E-state index in [1.54, 1.807) is 4.90 Å². The minimum absolute atomic E-state index is 0.112. The summed E-state index contributed by atoms with van der Waals surface area (Å²) in [6, 6.07) is 9.25. The summed E-state index contributed by atoms with van der Waals surface area (Å²) >= 11 is 0. The molecule has 3 atom stereocenters. The van der Waals surface area contributed by atoms with E-state index in [4.69, 9.17) is 4.74 Å². The van der Waals surface area contributed by atoms with Gasteiger partial charge in [0.25, 0.3) is 0 Å². The molecule has 1 saturated carbocycles. The van der Waals surface area contributed by atoms with Gasteiger partial charge in [-0.1, -0.05) is 43.2 Å². The van der Waals surface area contributed by atoms with Crippen molar-refractivity contribution >= 4 is 5.91 Å². The number of rotatable bonds is 3. The summed E-state index contributed by atoms with van der Waals surface area (Å²) in [4.78, 5) is 16.6. The largest absolute Gasteiger partial charge is 0.404 e. The second kappa shape index (κ2) is 7.67. The number of amides is 1. The molecule has 0 unspecified atom stereocenters. The fourth-order valence-electron chi connectivity index (χ4n) is 5.02. The van der Waals surface area contributed by atoms with Crippen molar-refractivity contribution in [3.8, 4) is 0 Å². The van der Waals surface area contributed by atoms with Gasteiger partial charge in [0.1, 0.15) is 0 Å². The van der Waals surface area contributed by atoms with E-state index in [2.05, 4.69) is 0 Å². The Bertz CT molecular complexity index is 695. The monoisotopic (exact) mass is 396 g/mol. The summed E-state index contributed by atoms with van der Waals surface area (Å²) in [7, 11) is 0. The van der Waals surface area contributed by atoms with Crippen molar-refractivity contribution in [3.05, 3.63) is 35.9 Å². The molecule has 0 spiro atoms. The molecule has 3 fully saturated rings. The molecule has 0 N–H and O–H groups in total. The number of benzene rings is 1. The van der Waals surface area contributed by atoms with Gasteiger partial charge in [0.05, 0.1) is 18.8 Å². The van der Waals surface area contributed by atoms with E-state index in [0.717, 1.165) is 31.2 Å². The Morgan fingerprint density at radius 2 is 1.89 bits per heavy atom. The van der Waals surface area contributed by atoms with Crippen LogP contribution in [0.3, 0.4) is 0 Å². The maximum Gasteiger partial charge on any atom is 0.404 e. The highest BCUT2D eigenvalue weighted by Crippen LogP contribution is 2.48. The Balaban J connectivity index is 1.55. The molecule has 1 aromatic carbocycles. The zero-order valence-electron chi connectivity index (χ0n) is 16.0. The maximum absolute atomic E-state index is 14.3. The predicted molar refractivity (Wildman–Crippen MR) is 98.5 cm³/mol. The molecular weight excluding hydrogens is 369 g/mol. The zero-order chi connectivity index (χ0) is 19.8. The topological polar surface area (TPSA) is 32.8 Å². The highest BCUT2D eigenvalue weighted by atomic mass is 19.4. The van der Waals surface area contributed by atoms with Gasteiger partial charge in [-0.3, -0.25) is 9.69 Å². The molecule has 0 aromatic heterocycles. The Hall–Kier alpha value is -1.60. The minimum Gasteiger partial charge on any atom is -0.374 e. The molecule has 154 valence electrons. The normalized spacial score (nSPS) is 31.6. The first kappa shape index (κ1) is 19.7. The number of halogens is 3. The first-order valence-corrected chi connectivity index (χ1v) is 10.2. The van der Waals surface area contributed by atoms with Crippen molar-refractivity contribution < 1.29 is 22.7 Å². The first-order valence-electron chi connectivity index (χ1n) is 10.2. The third-order valence-corrected chi connectivity index (χ3v) is 6.54. The fraction of sp³-hybridized carbons (Fsp3) is 0.667. The van der Waals surface area contributed by atoms with Crippen molar-refractivity contribution in [1.82, 2.24) is 9.80 Å². The smallest absolute Gasteiger partial charge is 0.374 e. The van der Waals surface area contributed by atoms with Crippen molar-refractivity contribution in [3.63, 3.8) is 0 Å². The predicted octanol–water partition coefficient (Wildman–Crippen LogP) is 3.61. The molecule has 7 heteroatoms. The highest BCUT2D eigenvalue weighted by molar-refractivity contribution is 5.85. The van der Waals surface area contributed by atoms with Gasteiger partial charge in [-0.25, -0.2) is 0 Å². The molecule has 2 heterocycles. The van der Waals surface area contributed by atoms with Gasteiger partial charge in [0, 0.05) is 19.6 Å². The van der Waals surface area contributed by atoms with Crippen LogP contribution in [0.5, 0.6) is 0 Å². The number of alkyl halides is 3. The second-order valence-corrected chi connectivity index (χ2v) is 8.29. The van der Waals surface area contributed by atoms with Crippen LogP contribution in [0.15, 0.2) is 30.3 Å². The Kier molecular flexibility index (Phi) is 5.40. The molecule has 4 nitrogen and oxygen atoms in total. The van der Waals surface area contributed by atoms with E-state index in [-0.39, 0.29) is 38.2 Å². The average Bonchev–Trinajstić information content (AvgIpc) is 3.13. The third kappa shape index (κ3) is 3.54. The number of nitrogens with zero attached hydrogens (tertiary/aromatic N) is 2. The average molecular weight is 396 g/mol. The lowest BCUT2D eigenvalue weighted by atomic mass is 9.82. The van der Waals surface area contributed by atoms with Crippen molar-refractivity contribution in [2.24, 2.45) is 5.41 Å². The van der Waals surface area contributed by atoms with E-state index in [1.165, 1.54) is 4.90 Å². The third-order valence-electron chi connectivity index (χ3n) is 6.54. The van der Waals surface area contributed by atoms with Crippen molar-refractivity contribution in [1.29, 1.82) is 0 Å². The second-order valence-electron chi connectivity index (χ2n) is 8.29. The molecule has 1 aliphatic carbocycles. The van der Waals surface area contributed by atoms with Crippen LogP contribution in [0.25, 0.3) is 0 Å². The van der Waals surface area contributed by atoms with Crippen molar-refractivity contribution in [2.75, 3.05) is 26.2 Å². The molecule has 2 saturated heterocycles. The number of fused-ring (bicyclic) bond motifs is 1. The maximum atomic E-state index is 14.3. The summed E-state index contributed by atoms with van der Waals surface area (Å²) < 4.78 is 48.5. The number of likely N-dealkylation sites (tertiary alicyclic amines) is 1. The van der Waals surface area contributed by atoms with Crippen LogP contribution in [0, 0.1) is 5.41 Å². The van der Waals surface area contributed by atoms with Crippen LogP contribution >= 0.6 is 0 Å². The first-order chi connectivity index (χ1) is 13.4. The van der Waals surface area contributed by atoms with E-state index >= 15 is 0 Å². The molecule has 1 amide bonds. The van der Waals surface area contributed by atoms with Crippen LogP contribution in [-0.2, 0) is 16.1 Å². The van der Waals surface area contributed by atoms with Crippen LogP contribution in [0.4, 0.5) is 13.2 Å². The molecule has 1 aromatic rings. The van der Waals surface area contributed by atoms with Crippen LogP contribution < -0.4 is 0 Å². The number of ether oxygens (including phenoxy) is 1. The zero-order valence-corrected chi connectivity index (χ0v) is 16.0. The molecule has 4 rings (SSSR count). The van der Waals surface area contributed by atoms with Crippen LogP contribution in [0.1, 0.15) is 37.7 Å². The lowest BCUT2D eigenvalue weighted by Gasteiger charge is -2.47. The van der Waals surface area contributed by atoms with Gasteiger partial charge in [0.2, 0.25) is 5.91 Å². The summed E-state index contributed by atoms with van der Waals surface area (Å²) in [6.45, 7) is 1.03. The number of carbonyl (C=O) groups excluding carboxylic acids is 1. The van der Waals surface area contributed by atoms with Gasteiger partial charge in [0.15, 0.2) is 5.41 Å². The summed E-state index contributed by atoms with van der Waals surface area (Å²) in [6.07, 6.45) is -1.33. The highest BCUT2D eigenvalue weighted by Gasteiger charge is 2.64. The fourth-order valence-corrected chi connectivity index (χ4v) is 5.02. The Morgan fingerprint density at radius 1 is 1.14 bits per heavy atom. The van der Waals surface area contributed by atoms with Gasteiger partial charge in [-0.15, -0.1) is 0 Å². The van der Waals surface area contributed by atoms with Crippen LogP contribution in [-0.4, -0.2) is 60.3 Å². The minimum atomic E-state index is -4.56.